The molecule has 2 aromatic heterocycles. The molecule has 1 fully saturated rings. The van der Waals surface area contributed by atoms with E-state index in [1.165, 1.54) is 47.7 Å². The fraction of sp³-hybridized carbons (Fsp3) is 0.296. The topological polar surface area (TPSA) is 64.4 Å². The fourth-order valence-corrected chi connectivity index (χ4v) is 5.72. The molecule has 34 heavy (non-hydrogen) atoms. The first-order valence-corrected chi connectivity index (χ1v) is 12.3. The van der Waals surface area contributed by atoms with Gasteiger partial charge in [0.1, 0.15) is 4.70 Å². The van der Waals surface area contributed by atoms with Crippen LogP contribution in [0.25, 0.3) is 20.7 Å². The van der Waals surface area contributed by atoms with Crippen LogP contribution in [0.4, 0.5) is 0 Å². The summed E-state index contributed by atoms with van der Waals surface area (Å²) in [5.41, 5.74) is 3.51. The Morgan fingerprint density at radius 1 is 1.09 bits per heavy atom. The summed E-state index contributed by atoms with van der Waals surface area (Å²) >= 11 is 1.41. The number of rotatable bonds is 5. The minimum atomic E-state index is -0.880. The van der Waals surface area contributed by atoms with Crippen LogP contribution in [-0.2, 0) is 9.53 Å². The molecule has 0 amide bonds. The molecule has 0 bridgehead atoms. The van der Waals surface area contributed by atoms with Crippen molar-refractivity contribution in [1.82, 2.24) is 14.5 Å². The van der Waals surface area contributed by atoms with Gasteiger partial charge < -0.3 is 9.64 Å². The zero-order chi connectivity index (χ0) is 23.7. The Hall–Kier alpha value is -3.29. The summed E-state index contributed by atoms with van der Waals surface area (Å²) in [5.74, 6) is 0.102. The number of fused-ring (bicyclic) bond motifs is 1. The number of hydrogen-bond acceptors (Lipinski definition) is 6. The highest BCUT2D eigenvalue weighted by Gasteiger charge is 2.26. The predicted molar refractivity (Wildman–Crippen MR) is 135 cm³/mol. The minimum absolute atomic E-state index is 0.247. The lowest BCUT2D eigenvalue weighted by Gasteiger charge is -2.29. The van der Waals surface area contributed by atoms with Crippen LogP contribution in [0, 0.1) is 0 Å². The molecule has 4 aromatic rings. The van der Waals surface area contributed by atoms with Gasteiger partial charge >= 0.3 is 5.97 Å². The van der Waals surface area contributed by atoms with Gasteiger partial charge in [-0.2, -0.15) is 0 Å². The van der Waals surface area contributed by atoms with E-state index < -0.39 is 12.0 Å². The van der Waals surface area contributed by atoms with Crippen molar-refractivity contribution in [2.45, 2.75) is 24.8 Å². The highest BCUT2D eigenvalue weighted by atomic mass is 32.1. The summed E-state index contributed by atoms with van der Waals surface area (Å²) in [7, 11) is 3.50. The van der Waals surface area contributed by atoms with Gasteiger partial charge in [0.25, 0.3) is 5.56 Å². The Kier molecular flexibility index (Phi) is 6.30. The van der Waals surface area contributed by atoms with Crippen LogP contribution in [0.15, 0.2) is 71.8 Å². The second-order valence-corrected chi connectivity index (χ2v) is 9.87. The second kappa shape index (κ2) is 9.52. The van der Waals surface area contributed by atoms with Crippen molar-refractivity contribution in [2.75, 3.05) is 27.2 Å². The van der Waals surface area contributed by atoms with E-state index in [1.807, 2.05) is 36.4 Å². The Morgan fingerprint density at radius 3 is 2.47 bits per heavy atom. The lowest BCUT2D eigenvalue weighted by molar-refractivity contribution is -0.143. The third-order valence-electron chi connectivity index (χ3n) is 6.67. The van der Waals surface area contributed by atoms with E-state index in [0.29, 0.717) is 21.7 Å². The molecule has 1 aliphatic rings. The van der Waals surface area contributed by atoms with Crippen LogP contribution in [0.5, 0.6) is 0 Å². The maximum absolute atomic E-state index is 13.4. The molecule has 0 aliphatic carbocycles. The number of nitrogens with zero attached hydrogens (tertiary/aromatic N) is 3. The number of thiophene rings is 1. The summed E-state index contributed by atoms with van der Waals surface area (Å²) in [6.45, 7) is 2.27. The normalized spacial score (nSPS) is 15.9. The van der Waals surface area contributed by atoms with E-state index in [4.69, 9.17) is 4.74 Å². The molecular weight excluding hydrogens is 446 g/mol. The molecule has 3 heterocycles. The highest BCUT2D eigenvalue weighted by molar-refractivity contribution is 7.22. The summed E-state index contributed by atoms with van der Waals surface area (Å²) in [5, 5.41) is 0. The zero-order valence-electron chi connectivity index (χ0n) is 19.3. The number of benzene rings is 2. The van der Waals surface area contributed by atoms with Gasteiger partial charge in [0.05, 0.1) is 19.0 Å². The number of esters is 1. The Labute approximate surface area is 202 Å². The average Bonchev–Trinajstić information content (AvgIpc) is 3.32. The summed E-state index contributed by atoms with van der Waals surface area (Å²) < 4.78 is 6.90. The SMILES string of the molecule is COC(=O)C(c1ccccc1)n1cnc2cc(-c3ccc(C4CCN(C)CC4)cc3)sc2c1=O. The lowest BCUT2D eigenvalue weighted by atomic mass is 9.89. The summed E-state index contributed by atoms with van der Waals surface area (Å²) in [6, 6.07) is 18.9. The van der Waals surface area contributed by atoms with Crippen molar-refractivity contribution in [3.8, 4) is 10.4 Å². The minimum Gasteiger partial charge on any atom is -0.467 e. The molecule has 0 radical (unpaired) electrons. The van der Waals surface area contributed by atoms with Crippen molar-refractivity contribution < 1.29 is 9.53 Å². The van der Waals surface area contributed by atoms with Gasteiger partial charge in [-0.15, -0.1) is 11.3 Å². The molecule has 0 saturated carbocycles. The molecule has 174 valence electrons. The van der Waals surface area contributed by atoms with Crippen LogP contribution >= 0.6 is 11.3 Å². The smallest absolute Gasteiger partial charge is 0.333 e. The first-order valence-electron chi connectivity index (χ1n) is 11.5. The molecule has 2 aromatic carbocycles. The quantitative estimate of drug-likeness (QED) is 0.393. The van der Waals surface area contributed by atoms with Crippen LogP contribution < -0.4 is 5.56 Å². The largest absolute Gasteiger partial charge is 0.467 e. The number of methoxy groups -OCH3 is 1. The third kappa shape index (κ3) is 4.29. The van der Waals surface area contributed by atoms with Crippen LogP contribution in [0.1, 0.15) is 35.9 Å². The first-order chi connectivity index (χ1) is 16.5. The van der Waals surface area contributed by atoms with Crippen LogP contribution in [-0.4, -0.2) is 47.7 Å². The molecule has 1 atom stereocenters. The standard InChI is InChI=1S/C27H27N3O3S/c1-29-14-12-19(13-15-29)18-8-10-20(11-9-18)23-16-22-25(34-23)26(31)30(17-28-22)24(27(32)33-2)21-6-4-3-5-7-21/h3-11,16-17,19,24H,12-15H2,1-2H3. The maximum Gasteiger partial charge on any atom is 0.333 e. The average molecular weight is 474 g/mol. The van der Waals surface area contributed by atoms with Crippen molar-refractivity contribution in [2.24, 2.45) is 0 Å². The van der Waals surface area contributed by atoms with E-state index in [1.54, 1.807) is 0 Å². The summed E-state index contributed by atoms with van der Waals surface area (Å²) in [6.07, 6.45) is 3.81. The number of carbonyl (C=O) groups excluding carboxylic acids is 1. The Bertz CT molecular complexity index is 1350. The van der Waals surface area contributed by atoms with Gasteiger partial charge in [-0.05, 0) is 61.7 Å². The molecule has 0 spiro atoms. The monoisotopic (exact) mass is 473 g/mol. The van der Waals surface area contributed by atoms with Crippen LogP contribution in [0.2, 0.25) is 0 Å². The van der Waals surface area contributed by atoms with Gasteiger partial charge in [0, 0.05) is 4.88 Å². The van der Waals surface area contributed by atoms with Gasteiger partial charge in [-0.25, -0.2) is 9.78 Å². The predicted octanol–water partition coefficient (Wildman–Crippen LogP) is 4.70. The zero-order valence-corrected chi connectivity index (χ0v) is 20.1. The van der Waals surface area contributed by atoms with Crippen molar-refractivity contribution in [3.63, 3.8) is 0 Å². The summed E-state index contributed by atoms with van der Waals surface area (Å²) in [4.78, 5) is 33.9. The van der Waals surface area contributed by atoms with Crippen molar-refractivity contribution in [1.29, 1.82) is 0 Å². The molecule has 6 nitrogen and oxygen atoms in total. The highest BCUT2D eigenvalue weighted by Crippen LogP contribution is 2.34. The van der Waals surface area contributed by atoms with Gasteiger partial charge in [-0.3, -0.25) is 9.36 Å². The molecule has 0 N–H and O–H groups in total. The molecule has 5 rings (SSSR count). The molecule has 1 aliphatic heterocycles. The van der Waals surface area contributed by atoms with Crippen LogP contribution in [0.3, 0.4) is 0 Å². The van der Waals surface area contributed by atoms with E-state index in [-0.39, 0.29) is 5.56 Å². The van der Waals surface area contributed by atoms with Gasteiger partial charge in [0.2, 0.25) is 0 Å². The number of carbonyl (C=O) groups is 1. The first kappa shape index (κ1) is 22.5. The van der Waals surface area contributed by atoms with E-state index >= 15 is 0 Å². The fourth-order valence-electron chi connectivity index (χ4n) is 4.67. The number of hydrogen-bond donors (Lipinski definition) is 0. The van der Waals surface area contributed by atoms with Crippen molar-refractivity contribution >= 4 is 27.5 Å². The van der Waals surface area contributed by atoms with E-state index in [2.05, 4.69) is 41.2 Å². The molecule has 1 saturated heterocycles. The number of ether oxygens (including phenoxy) is 1. The van der Waals surface area contributed by atoms with E-state index in [0.717, 1.165) is 23.5 Å². The van der Waals surface area contributed by atoms with Crippen molar-refractivity contribution in [3.05, 3.63) is 88.5 Å². The third-order valence-corrected chi connectivity index (χ3v) is 7.83. The number of piperidine rings is 1. The van der Waals surface area contributed by atoms with Gasteiger partial charge in [0.15, 0.2) is 6.04 Å². The second-order valence-electron chi connectivity index (χ2n) is 8.82. The number of likely N-dealkylation sites (tertiary alicyclic amines) is 1. The van der Waals surface area contributed by atoms with E-state index in [9.17, 15) is 9.59 Å². The number of aromatic nitrogens is 2. The van der Waals surface area contributed by atoms with Gasteiger partial charge in [-0.1, -0.05) is 54.6 Å². The Morgan fingerprint density at radius 2 is 1.79 bits per heavy atom. The Balaban J connectivity index is 1.48. The molecule has 7 heteroatoms. The molecular formula is C27H27N3O3S. The molecule has 1 unspecified atom stereocenters. The lowest BCUT2D eigenvalue weighted by Crippen LogP contribution is -2.31. The maximum atomic E-state index is 13.4.